The summed E-state index contributed by atoms with van der Waals surface area (Å²) in [5.41, 5.74) is 2.40. The van der Waals surface area contributed by atoms with Crippen LogP contribution in [0.2, 0.25) is 0 Å². The van der Waals surface area contributed by atoms with Gasteiger partial charge in [-0.3, -0.25) is 9.36 Å². The van der Waals surface area contributed by atoms with E-state index in [1.807, 2.05) is 15.4 Å². The van der Waals surface area contributed by atoms with Crippen LogP contribution in [0.3, 0.4) is 0 Å². The minimum absolute atomic E-state index is 0.0975. The lowest BCUT2D eigenvalue weighted by molar-refractivity contribution is 0.251. The molecule has 24 heavy (non-hydrogen) atoms. The van der Waals surface area contributed by atoms with E-state index < -0.39 is 0 Å². The Morgan fingerprint density at radius 3 is 2.08 bits per heavy atom. The summed E-state index contributed by atoms with van der Waals surface area (Å²) in [6.07, 6.45) is 14.3. The molecule has 6 nitrogen and oxygen atoms in total. The number of aromatic nitrogens is 6. The van der Waals surface area contributed by atoms with Gasteiger partial charge in [-0.25, -0.2) is 9.97 Å². The van der Waals surface area contributed by atoms with Crippen LogP contribution < -0.4 is 0 Å². The second-order valence-corrected chi connectivity index (χ2v) is 6.11. The molecular weight excluding hydrogens is 300 g/mol. The van der Waals surface area contributed by atoms with Gasteiger partial charge in [-0.05, 0) is 17.6 Å². The average molecular weight is 318 g/mol. The van der Waals surface area contributed by atoms with Crippen molar-refractivity contribution < 1.29 is 0 Å². The summed E-state index contributed by atoms with van der Waals surface area (Å²) < 4.78 is 3.76. The molecule has 2 heterocycles. The maximum Gasteiger partial charge on any atom is 0.137 e. The van der Waals surface area contributed by atoms with Gasteiger partial charge in [-0.15, -0.1) is 0 Å². The van der Waals surface area contributed by atoms with Gasteiger partial charge in [0, 0.05) is 5.41 Å². The fraction of sp³-hybridized carbons (Fsp3) is 0.222. The van der Waals surface area contributed by atoms with E-state index in [0.29, 0.717) is 0 Å². The molecule has 1 aliphatic rings. The molecule has 0 amide bonds. The third-order valence-electron chi connectivity index (χ3n) is 4.34. The van der Waals surface area contributed by atoms with Gasteiger partial charge >= 0.3 is 0 Å². The quantitative estimate of drug-likeness (QED) is 0.725. The smallest absolute Gasteiger partial charge is 0.137 e. The van der Waals surface area contributed by atoms with Gasteiger partial charge in [0.05, 0.1) is 13.1 Å². The molecule has 4 rings (SSSR count). The lowest BCUT2D eigenvalue weighted by Crippen LogP contribution is -2.31. The first-order valence-corrected chi connectivity index (χ1v) is 7.93. The van der Waals surface area contributed by atoms with Crippen molar-refractivity contribution in [3.05, 3.63) is 79.4 Å². The lowest BCUT2D eigenvalue weighted by atomic mass is 9.78. The van der Waals surface area contributed by atoms with Gasteiger partial charge in [0.15, 0.2) is 0 Å². The van der Waals surface area contributed by atoms with Crippen molar-refractivity contribution in [3.8, 4) is 0 Å². The highest BCUT2D eigenvalue weighted by Crippen LogP contribution is 2.36. The third kappa shape index (κ3) is 3.03. The minimum Gasteiger partial charge on any atom is -0.252 e. The van der Waals surface area contributed by atoms with E-state index >= 15 is 0 Å². The van der Waals surface area contributed by atoms with Crippen LogP contribution >= 0.6 is 0 Å². The topological polar surface area (TPSA) is 61.4 Å². The van der Waals surface area contributed by atoms with Gasteiger partial charge in [0.25, 0.3) is 0 Å². The van der Waals surface area contributed by atoms with E-state index in [2.05, 4.69) is 62.7 Å². The van der Waals surface area contributed by atoms with Gasteiger partial charge in [-0.1, -0.05) is 48.6 Å². The predicted molar refractivity (Wildman–Crippen MR) is 90.7 cm³/mol. The number of nitrogens with zero attached hydrogens (tertiary/aromatic N) is 6. The zero-order valence-corrected chi connectivity index (χ0v) is 13.2. The van der Waals surface area contributed by atoms with Crippen molar-refractivity contribution in [2.24, 2.45) is 5.41 Å². The highest BCUT2D eigenvalue weighted by molar-refractivity contribution is 5.75. The molecule has 0 spiro atoms. The minimum atomic E-state index is -0.0975. The molecule has 1 aliphatic carbocycles. The zero-order chi connectivity index (χ0) is 16.2. The molecule has 0 bridgehead atoms. The van der Waals surface area contributed by atoms with Crippen molar-refractivity contribution in [2.75, 3.05) is 0 Å². The Morgan fingerprint density at radius 1 is 0.917 bits per heavy atom. The van der Waals surface area contributed by atoms with Crippen LogP contribution in [0.5, 0.6) is 0 Å². The Hall–Kier alpha value is -3.02. The summed E-state index contributed by atoms with van der Waals surface area (Å²) in [7, 11) is 0. The van der Waals surface area contributed by atoms with E-state index in [9.17, 15) is 0 Å². The molecule has 0 N–H and O–H groups in total. The van der Waals surface area contributed by atoms with Crippen molar-refractivity contribution in [3.63, 3.8) is 0 Å². The van der Waals surface area contributed by atoms with Gasteiger partial charge in [0.2, 0.25) is 0 Å². The highest BCUT2D eigenvalue weighted by Gasteiger charge is 2.30. The summed E-state index contributed by atoms with van der Waals surface area (Å²) in [6.45, 7) is 1.50. The Balaban J connectivity index is 1.61. The first-order valence-electron chi connectivity index (χ1n) is 7.93. The molecule has 1 aromatic carbocycles. The van der Waals surface area contributed by atoms with Crippen LogP contribution in [-0.2, 0) is 13.1 Å². The van der Waals surface area contributed by atoms with Crippen LogP contribution in [-0.4, -0.2) is 29.5 Å². The summed E-state index contributed by atoms with van der Waals surface area (Å²) in [5.74, 6) is 0. The monoisotopic (exact) mass is 318 g/mol. The maximum absolute atomic E-state index is 4.27. The van der Waals surface area contributed by atoms with Crippen molar-refractivity contribution in [1.82, 2.24) is 29.5 Å². The van der Waals surface area contributed by atoms with E-state index in [1.165, 1.54) is 11.1 Å². The molecule has 0 aliphatic heterocycles. The number of rotatable bonds is 5. The fourth-order valence-electron chi connectivity index (χ4n) is 3.12. The molecule has 0 saturated carbocycles. The number of allylic oxidation sites excluding steroid dienone is 4. The third-order valence-corrected chi connectivity index (χ3v) is 4.34. The Morgan fingerprint density at radius 2 is 1.58 bits per heavy atom. The summed E-state index contributed by atoms with van der Waals surface area (Å²) >= 11 is 0. The second kappa shape index (κ2) is 6.23. The molecule has 2 aromatic heterocycles. The molecule has 3 aromatic rings. The molecule has 120 valence electrons. The van der Waals surface area contributed by atoms with Crippen molar-refractivity contribution in [2.45, 2.75) is 19.5 Å². The van der Waals surface area contributed by atoms with Crippen molar-refractivity contribution >= 4 is 5.57 Å². The fourth-order valence-corrected chi connectivity index (χ4v) is 3.12. The number of benzene rings is 1. The molecular formula is C18H18N6. The zero-order valence-electron chi connectivity index (χ0n) is 13.2. The molecule has 0 atom stereocenters. The predicted octanol–water partition coefficient (Wildman–Crippen LogP) is 2.60. The maximum atomic E-state index is 4.27. The van der Waals surface area contributed by atoms with Gasteiger partial charge in [-0.2, -0.15) is 10.2 Å². The van der Waals surface area contributed by atoms with Crippen LogP contribution in [0.15, 0.2) is 73.9 Å². The van der Waals surface area contributed by atoms with Crippen LogP contribution in [0.4, 0.5) is 0 Å². The van der Waals surface area contributed by atoms with Gasteiger partial charge < -0.3 is 0 Å². The Kier molecular flexibility index (Phi) is 3.78. The highest BCUT2D eigenvalue weighted by atomic mass is 15.3. The summed E-state index contributed by atoms with van der Waals surface area (Å²) in [4.78, 5) is 8.11. The normalized spacial score (nSPS) is 16.1. The largest absolute Gasteiger partial charge is 0.252 e. The molecule has 0 unspecified atom stereocenters. The van der Waals surface area contributed by atoms with Crippen LogP contribution in [0.25, 0.3) is 5.57 Å². The van der Waals surface area contributed by atoms with E-state index in [1.54, 1.807) is 25.3 Å². The summed E-state index contributed by atoms with van der Waals surface area (Å²) in [5, 5.41) is 8.54. The second-order valence-electron chi connectivity index (χ2n) is 6.11. The molecule has 0 saturated heterocycles. The van der Waals surface area contributed by atoms with E-state index in [-0.39, 0.29) is 5.41 Å². The molecule has 6 heteroatoms. The van der Waals surface area contributed by atoms with E-state index in [4.69, 9.17) is 0 Å². The standard InChI is InChI=1S/C18H18N6/c1-2-4-16(5-3-1)17-6-8-18(9-7-17,10-23-14-19-12-21-23)11-24-15-20-13-22-24/h1-8,12-15H,9-11H2. The van der Waals surface area contributed by atoms with Gasteiger partial charge in [0.1, 0.15) is 25.3 Å². The SMILES string of the molecule is C1=CC(Cn2cncn2)(Cn2cncn2)CC=C1c1ccccc1. The first-order chi connectivity index (χ1) is 11.8. The number of hydrogen-bond acceptors (Lipinski definition) is 4. The number of hydrogen-bond donors (Lipinski definition) is 0. The Labute approximate surface area is 140 Å². The summed E-state index contributed by atoms with van der Waals surface area (Å²) in [6, 6.07) is 10.4. The first kappa shape index (κ1) is 14.6. The average Bonchev–Trinajstić information content (AvgIpc) is 3.30. The van der Waals surface area contributed by atoms with Crippen LogP contribution in [0.1, 0.15) is 12.0 Å². The Bertz CT molecular complexity index is 795. The lowest BCUT2D eigenvalue weighted by Gasteiger charge is -2.32. The van der Waals surface area contributed by atoms with Crippen LogP contribution in [0, 0.1) is 5.41 Å². The van der Waals surface area contributed by atoms with Crippen molar-refractivity contribution in [1.29, 1.82) is 0 Å². The molecule has 0 fully saturated rings. The van der Waals surface area contributed by atoms with E-state index in [0.717, 1.165) is 19.5 Å². The molecule has 0 radical (unpaired) electrons.